The van der Waals surface area contributed by atoms with E-state index in [1.807, 2.05) is 12.1 Å². The molecule has 4 rings (SSSR count). The zero-order valence-corrected chi connectivity index (χ0v) is 11.2. The summed E-state index contributed by atoms with van der Waals surface area (Å²) in [5.74, 6) is 0. The number of hydrogen-bond donors (Lipinski definition) is 1. The highest BCUT2D eigenvalue weighted by molar-refractivity contribution is 6.31. The first-order valence-electron chi connectivity index (χ1n) is 6.64. The minimum Gasteiger partial charge on any atom is -0.314 e. The van der Waals surface area contributed by atoms with Gasteiger partial charge in [-0.25, -0.2) is 0 Å². The zero-order chi connectivity index (χ0) is 11.9. The van der Waals surface area contributed by atoms with Crippen LogP contribution in [0, 0.1) is 0 Å². The molecule has 0 atom stereocenters. The van der Waals surface area contributed by atoms with Crippen LogP contribution in [0.5, 0.6) is 0 Å². The molecule has 2 heteroatoms. The number of nitrogens with one attached hydrogen (secondary N) is 1. The van der Waals surface area contributed by atoms with Gasteiger partial charge >= 0.3 is 0 Å². The minimum absolute atomic E-state index is 0.372. The van der Waals surface area contributed by atoms with Crippen LogP contribution in [0.1, 0.15) is 44.1 Å². The lowest BCUT2D eigenvalue weighted by atomic mass is 9.55. The SMILES string of the molecule is CNC12CCC(c3ccccc3Cl)(CC1)CC2. The van der Waals surface area contributed by atoms with E-state index in [0.29, 0.717) is 11.0 Å². The van der Waals surface area contributed by atoms with Crippen LogP contribution < -0.4 is 5.32 Å². The predicted octanol–water partition coefficient (Wildman–Crippen LogP) is 3.90. The average Bonchev–Trinajstić information content (AvgIpc) is 2.41. The third-order valence-corrected chi connectivity index (χ3v) is 5.55. The van der Waals surface area contributed by atoms with Crippen molar-refractivity contribution in [2.24, 2.45) is 0 Å². The fraction of sp³-hybridized carbons (Fsp3) is 0.600. The zero-order valence-electron chi connectivity index (χ0n) is 10.4. The van der Waals surface area contributed by atoms with Crippen LogP contribution in [0.3, 0.4) is 0 Å². The third kappa shape index (κ3) is 1.71. The molecule has 3 saturated carbocycles. The number of hydrogen-bond acceptors (Lipinski definition) is 1. The molecule has 0 amide bonds. The van der Waals surface area contributed by atoms with E-state index in [9.17, 15) is 0 Å². The van der Waals surface area contributed by atoms with E-state index in [1.165, 1.54) is 44.1 Å². The highest BCUT2D eigenvalue weighted by Gasteiger charge is 2.49. The van der Waals surface area contributed by atoms with Gasteiger partial charge in [-0.1, -0.05) is 29.8 Å². The van der Waals surface area contributed by atoms with Crippen LogP contribution in [-0.4, -0.2) is 12.6 Å². The molecule has 0 spiro atoms. The van der Waals surface area contributed by atoms with E-state index in [0.717, 1.165) is 5.02 Å². The summed E-state index contributed by atoms with van der Waals surface area (Å²) < 4.78 is 0. The molecule has 0 aromatic heterocycles. The topological polar surface area (TPSA) is 12.0 Å². The van der Waals surface area contributed by atoms with E-state index in [-0.39, 0.29) is 0 Å². The highest BCUT2D eigenvalue weighted by atomic mass is 35.5. The van der Waals surface area contributed by atoms with Crippen LogP contribution in [0.2, 0.25) is 5.02 Å². The van der Waals surface area contributed by atoms with Gasteiger partial charge in [-0.15, -0.1) is 0 Å². The lowest BCUT2D eigenvalue weighted by molar-refractivity contribution is 0.0835. The van der Waals surface area contributed by atoms with Crippen molar-refractivity contribution in [1.29, 1.82) is 0 Å². The minimum atomic E-state index is 0.372. The van der Waals surface area contributed by atoms with Crippen LogP contribution in [0.15, 0.2) is 24.3 Å². The molecule has 3 fully saturated rings. The molecule has 1 N–H and O–H groups in total. The second-order valence-corrected chi connectivity index (χ2v) is 6.20. The summed E-state index contributed by atoms with van der Waals surface area (Å²) in [4.78, 5) is 0. The molecule has 1 nitrogen and oxygen atoms in total. The van der Waals surface area contributed by atoms with Gasteiger partial charge in [0, 0.05) is 10.6 Å². The van der Waals surface area contributed by atoms with E-state index in [1.54, 1.807) is 0 Å². The largest absolute Gasteiger partial charge is 0.314 e. The Bertz CT molecular complexity index is 402. The van der Waals surface area contributed by atoms with Gasteiger partial charge in [0.2, 0.25) is 0 Å². The Morgan fingerprint density at radius 2 is 1.59 bits per heavy atom. The number of rotatable bonds is 2. The fourth-order valence-electron chi connectivity index (χ4n) is 3.86. The summed E-state index contributed by atoms with van der Waals surface area (Å²) >= 11 is 6.40. The number of fused-ring (bicyclic) bond motifs is 3. The van der Waals surface area contributed by atoms with Crippen molar-refractivity contribution in [3.05, 3.63) is 34.9 Å². The van der Waals surface area contributed by atoms with Crippen molar-refractivity contribution in [2.45, 2.75) is 49.5 Å². The monoisotopic (exact) mass is 249 g/mol. The van der Waals surface area contributed by atoms with E-state index in [4.69, 9.17) is 11.6 Å². The second kappa shape index (κ2) is 4.00. The lowest BCUT2D eigenvalue weighted by Gasteiger charge is -2.54. The summed E-state index contributed by atoms with van der Waals surface area (Å²) in [5, 5.41) is 4.52. The maximum absolute atomic E-state index is 6.40. The maximum atomic E-state index is 6.40. The summed E-state index contributed by atoms with van der Waals surface area (Å²) in [6.07, 6.45) is 7.77. The van der Waals surface area contributed by atoms with Crippen molar-refractivity contribution < 1.29 is 0 Å². The van der Waals surface area contributed by atoms with E-state index >= 15 is 0 Å². The van der Waals surface area contributed by atoms with Crippen LogP contribution in [-0.2, 0) is 5.41 Å². The molecule has 0 heterocycles. The van der Waals surface area contributed by atoms with E-state index < -0.39 is 0 Å². The molecule has 3 aliphatic carbocycles. The first-order valence-corrected chi connectivity index (χ1v) is 7.02. The van der Waals surface area contributed by atoms with Gasteiger partial charge in [-0.05, 0) is 62.6 Å². The summed E-state index contributed by atoms with van der Waals surface area (Å²) in [6, 6.07) is 8.44. The van der Waals surface area contributed by atoms with Crippen LogP contribution >= 0.6 is 11.6 Å². The summed E-state index contributed by atoms with van der Waals surface area (Å²) in [5.41, 5.74) is 2.20. The second-order valence-electron chi connectivity index (χ2n) is 5.79. The van der Waals surface area contributed by atoms with Gasteiger partial charge in [-0.2, -0.15) is 0 Å². The Balaban J connectivity index is 1.93. The van der Waals surface area contributed by atoms with Crippen LogP contribution in [0.4, 0.5) is 0 Å². The Labute approximate surface area is 109 Å². The van der Waals surface area contributed by atoms with Gasteiger partial charge in [0.25, 0.3) is 0 Å². The van der Waals surface area contributed by atoms with Crippen molar-refractivity contribution >= 4 is 11.6 Å². The molecule has 0 unspecified atom stereocenters. The Hall–Kier alpha value is -0.530. The first-order chi connectivity index (χ1) is 8.20. The van der Waals surface area contributed by atoms with Crippen molar-refractivity contribution in [3.63, 3.8) is 0 Å². The maximum Gasteiger partial charge on any atom is 0.0443 e. The third-order valence-electron chi connectivity index (χ3n) is 5.22. The molecule has 0 radical (unpaired) electrons. The van der Waals surface area contributed by atoms with Gasteiger partial charge in [0.15, 0.2) is 0 Å². The van der Waals surface area contributed by atoms with Gasteiger partial charge in [-0.3, -0.25) is 0 Å². The molecule has 92 valence electrons. The standard InChI is InChI=1S/C15H20ClN/c1-17-15-9-6-14(7-10-15,8-11-15)12-4-2-3-5-13(12)16/h2-5,17H,6-11H2,1H3. The van der Waals surface area contributed by atoms with E-state index in [2.05, 4.69) is 24.5 Å². The fourth-order valence-corrected chi connectivity index (χ4v) is 4.19. The number of benzene rings is 1. The average molecular weight is 250 g/mol. The molecule has 17 heavy (non-hydrogen) atoms. The van der Waals surface area contributed by atoms with Crippen molar-refractivity contribution in [2.75, 3.05) is 7.05 Å². The van der Waals surface area contributed by atoms with Gasteiger partial charge < -0.3 is 5.32 Å². The van der Waals surface area contributed by atoms with Crippen molar-refractivity contribution in [3.8, 4) is 0 Å². The smallest absolute Gasteiger partial charge is 0.0443 e. The molecular formula is C15H20ClN. The Morgan fingerprint density at radius 3 is 2.12 bits per heavy atom. The molecular weight excluding hydrogens is 230 g/mol. The summed E-state index contributed by atoms with van der Waals surface area (Å²) in [6.45, 7) is 0. The molecule has 0 saturated heterocycles. The molecule has 2 bridgehead atoms. The quantitative estimate of drug-likeness (QED) is 0.838. The van der Waals surface area contributed by atoms with Gasteiger partial charge in [0.05, 0.1) is 0 Å². The van der Waals surface area contributed by atoms with Crippen LogP contribution in [0.25, 0.3) is 0 Å². The van der Waals surface area contributed by atoms with Crippen molar-refractivity contribution in [1.82, 2.24) is 5.32 Å². The Kier molecular flexibility index (Phi) is 2.72. The lowest BCUT2D eigenvalue weighted by Crippen LogP contribution is -2.55. The normalized spacial score (nSPS) is 36.1. The predicted molar refractivity (Wildman–Crippen MR) is 72.6 cm³/mol. The number of halogens is 1. The Morgan fingerprint density at radius 1 is 1.00 bits per heavy atom. The molecule has 1 aromatic rings. The summed E-state index contributed by atoms with van der Waals surface area (Å²) in [7, 11) is 2.12. The molecule has 3 aliphatic rings. The van der Waals surface area contributed by atoms with Gasteiger partial charge in [0.1, 0.15) is 0 Å². The highest BCUT2D eigenvalue weighted by Crippen LogP contribution is 2.54. The first kappa shape index (κ1) is 11.6. The molecule has 1 aromatic carbocycles. The molecule has 0 aliphatic heterocycles.